The Hall–Kier alpha value is -2.15. The van der Waals surface area contributed by atoms with Crippen LogP contribution in [-0.2, 0) is 9.59 Å². The second-order valence-electron chi connectivity index (χ2n) is 6.56. The number of carboxylic acids is 1. The van der Waals surface area contributed by atoms with Crippen LogP contribution in [-0.4, -0.2) is 29.1 Å². The van der Waals surface area contributed by atoms with Gasteiger partial charge in [0.2, 0.25) is 5.91 Å². The Morgan fingerprint density at radius 3 is 2.75 bits per heavy atom. The summed E-state index contributed by atoms with van der Waals surface area (Å²) in [7, 11) is 1.60. The number of hydrogen-bond acceptors (Lipinski definition) is 5. The van der Waals surface area contributed by atoms with Crippen LogP contribution >= 0.6 is 11.3 Å². The number of carbonyl (C=O) groups excluding carboxylic acids is 1. The van der Waals surface area contributed by atoms with Gasteiger partial charge in [-0.25, -0.2) is 4.98 Å². The van der Waals surface area contributed by atoms with Gasteiger partial charge in [0, 0.05) is 0 Å². The second-order valence-corrected chi connectivity index (χ2v) is 7.60. The lowest BCUT2D eigenvalue weighted by molar-refractivity contribution is -0.148. The van der Waals surface area contributed by atoms with Gasteiger partial charge in [-0.15, -0.1) is 0 Å². The molecule has 2 saturated carbocycles. The molecule has 2 bridgehead atoms. The first kappa shape index (κ1) is 15.4. The van der Waals surface area contributed by atoms with E-state index in [1.165, 1.54) is 11.3 Å². The monoisotopic (exact) mass is 346 g/mol. The van der Waals surface area contributed by atoms with E-state index in [0.29, 0.717) is 5.13 Å². The van der Waals surface area contributed by atoms with Gasteiger partial charge in [-0.3, -0.25) is 9.59 Å². The number of benzene rings is 1. The molecule has 7 heteroatoms. The molecule has 2 aliphatic rings. The largest absolute Gasteiger partial charge is 0.497 e. The van der Waals surface area contributed by atoms with Gasteiger partial charge in [-0.2, -0.15) is 0 Å². The fourth-order valence-corrected chi connectivity index (χ4v) is 5.20. The van der Waals surface area contributed by atoms with Gasteiger partial charge in [0.25, 0.3) is 0 Å². The second kappa shape index (κ2) is 5.73. The Bertz CT molecular complexity index is 818. The molecule has 1 aromatic heterocycles. The van der Waals surface area contributed by atoms with Gasteiger partial charge in [0.1, 0.15) is 5.75 Å². The Labute approximate surface area is 142 Å². The molecule has 6 nitrogen and oxygen atoms in total. The third-order valence-corrected chi connectivity index (χ3v) is 6.26. The molecule has 0 unspecified atom stereocenters. The summed E-state index contributed by atoms with van der Waals surface area (Å²) in [5.74, 6) is -0.991. The minimum atomic E-state index is -0.851. The van der Waals surface area contributed by atoms with Crippen molar-refractivity contribution >= 4 is 38.6 Å². The number of anilines is 1. The Balaban J connectivity index is 1.56. The summed E-state index contributed by atoms with van der Waals surface area (Å²) in [5, 5.41) is 12.8. The van der Waals surface area contributed by atoms with Crippen LogP contribution in [0, 0.1) is 23.7 Å². The lowest BCUT2D eigenvalue weighted by atomic mass is 9.79. The molecule has 1 amide bonds. The van der Waals surface area contributed by atoms with E-state index in [2.05, 4.69) is 10.3 Å². The number of amides is 1. The number of thiazole rings is 1. The SMILES string of the molecule is COc1ccc2nc(NC(=O)[C@@H]3[C@@H]4CC[C@@H](C4)[C@@H]3C(=O)O)sc2c1. The lowest BCUT2D eigenvalue weighted by Gasteiger charge is -2.26. The highest BCUT2D eigenvalue weighted by Crippen LogP contribution is 2.52. The molecule has 2 aromatic rings. The Morgan fingerprint density at radius 2 is 2.04 bits per heavy atom. The molecule has 126 valence electrons. The number of aromatic nitrogens is 1. The van der Waals surface area contributed by atoms with Crippen LogP contribution in [0.3, 0.4) is 0 Å². The van der Waals surface area contributed by atoms with E-state index in [1.807, 2.05) is 18.2 Å². The standard InChI is InChI=1S/C17H18N2O4S/c1-23-10-4-5-11-12(7-10)24-17(18-11)19-15(20)13-8-2-3-9(6-8)14(13)16(21)22/h4-5,7-9,13-14H,2-3,6H2,1H3,(H,21,22)(H,18,19,20)/t8-,9+,13-,14+/m1/s1. The fraction of sp³-hybridized carbons (Fsp3) is 0.471. The number of methoxy groups -OCH3 is 1. The highest BCUT2D eigenvalue weighted by atomic mass is 32.1. The van der Waals surface area contributed by atoms with Gasteiger partial charge in [0.15, 0.2) is 5.13 Å². The molecular weight excluding hydrogens is 328 g/mol. The van der Waals surface area contributed by atoms with Gasteiger partial charge in [0.05, 0.1) is 29.2 Å². The number of carboxylic acid groups (broad SMARTS) is 1. The van der Waals surface area contributed by atoms with Crippen LogP contribution in [0.1, 0.15) is 19.3 Å². The normalized spacial score (nSPS) is 28.2. The van der Waals surface area contributed by atoms with E-state index in [9.17, 15) is 14.7 Å². The molecule has 4 atom stereocenters. The highest BCUT2D eigenvalue weighted by molar-refractivity contribution is 7.22. The van der Waals surface area contributed by atoms with Crippen molar-refractivity contribution in [2.75, 3.05) is 12.4 Å². The number of rotatable bonds is 4. The first-order chi connectivity index (χ1) is 11.6. The molecule has 2 fully saturated rings. The topological polar surface area (TPSA) is 88.5 Å². The van der Waals surface area contributed by atoms with Gasteiger partial charge < -0.3 is 15.2 Å². The van der Waals surface area contributed by atoms with Gasteiger partial charge >= 0.3 is 5.97 Å². The molecule has 24 heavy (non-hydrogen) atoms. The predicted molar refractivity (Wildman–Crippen MR) is 90.2 cm³/mol. The van der Waals surface area contributed by atoms with Gasteiger partial charge in [-0.1, -0.05) is 11.3 Å². The molecule has 2 N–H and O–H groups in total. The van der Waals surface area contributed by atoms with Crippen LogP contribution in [0.25, 0.3) is 10.2 Å². The summed E-state index contributed by atoms with van der Waals surface area (Å²) in [4.78, 5) is 28.7. The van der Waals surface area contributed by atoms with Crippen molar-refractivity contribution in [1.29, 1.82) is 0 Å². The maximum absolute atomic E-state index is 12.7. The number of aliphatic carboxylic acids is 1. The smallest absolute Gasteiger partial charge is 0.307 e. The summed E-state index contributed by atoms with van der Waals surface area (Å²) in [5.41, 5.74) is 0.791. The van der Waals surface area contributed by atoms with Crippen LogP contribution in [0.15, 0.2) is 18.2 Å². The van der Waals surface area contributed by atoms with E-state index >= 15 is 0 Å². The number of fused-ring (bicyclic) bond motifs is 3. The zero-order chi connectivity index (χ0) is 16.8. The lowest BCUT2D eigenvalue weighted by Crippen LogP contribution is -2.37. The van der Waals surface area contributed by atoms with E-state index in [0.717, 1.165) is 35.2 Å². The summed E-state index contributed by atoms with van der Waals surface area (Å²) in [6.45, 7) is 0. The minimum absolute atomic E-state index is 0.142. The van der Waals surface area contributed by atoms with Crippen molar-refractivity contribution in [2.45, 2.75) is 19.3 Å². The zero-order valence-corrected chi connectivity index (χ0v) is 14.0. The number of nitrogens with zero attached hydrogens (tertiary/aromatic N) is 1. The zero-order valence-electron chi connectivity index (χ0n) is 13.2. The summed E-state index contributed by atoms with van der Waals surface area (Å²) >= 11 is 1.37. The number of hydrogen-bond donors (Lipinski definition) is 2. The molecule has 0 saturated heterocycles. The summed E-state index contributed by atoms with van der Waals surface area (Å²) < 4.78 is 6.12. The maximum atomic E-state index is 12.7. The number of ether oxygens (including phenoxy) is 1. The number of nitrogens with one attached hydrogen (secondary N) is 1. The molecule has 0 radical (unpaired) electrons. The van der Waals surface area contributed by atoms with E-state index in [4.69, 9.17) is 4.74 Å². The Kier molecular flexibility index (Phi) is 3.68. The van der Waals surface area contributed by atoms with Crippen LogP contribution in [0.2, 0.25) is 0 Å². The maximum Gasteiger partial charge on any atom is 0.307 e. The van der Waals surface area contributed by atoms with E-state index in [-0.39, 0.29) is 17.7 Å². The van der Waals surface area contributed by atoms with Crippen molar-refractivity contribution in [3.63, 3.8) is 0 Å². The van der Waals surface area contributed by atoms with Crippen molar-refractivity contribution in [3.8, 4) is 5.75 Å². The van der Waals surface area contributed by atoms with Gasteiger partial charge in [-0.05, 0) is 49.3 Å². The predicted octanol–water partition coefficient (Wildman–Crippen LogP) is 2.99. The quantitative estimate of drug-likeness (QED) is 0.888. The summed E-state index contributed by atoms with van der Waals surface area (Å²) in [6, 6.07) is 5.54. The molecule has 2 aliphatic carbocycles. The average Bonchev–Trinajstić information content (AvgIpc) is 3.26. The third kappa shape index (κ3) is 2.43. The van der Waals surface area contributed by atoms with Crippen LogP contribution < -0.4 is 10.1 Å². The van der Waals surface area contributed by atoms with Crippen molar-refractivity contribution in [2.24, 2.45) is 23.7 Å². The third-order valence-electron chi connectivity index (χ3n) is 5.33. The fourth-order valence-electron chi connectivity index (χ4n) is 4.30. The molecular formula is C17H18N2O4S. The van der Waals surface area contributed by atoms with E-state index < -0.39 is 17.8 Å². The highest BCUT2D eigenvalue weighted by Gasteiger charge is 2.54. The summed E-state index contributed by atoms with van der Waals surface area (Å²) in [6.07, 6.45) is 2.72. The van der Waals surface area contributed by atoms with Crippen LogP contribution in [0.4, 0.5) is 5.13 Å². The molecule has 4 rings (SSSR count). The number of carbonyl (C=O) groups is 2. The molecule has 0 aliphatic heterocycles. The van der Waals surface area contributed by atoms with Crippen molar-refractivity contribution in [3.05, 3.63) is 18.2 Å². The van der Waals surface area contributed by atoms with Crippen LogP contribution in [0.5, 0.6) is 5.75 Å². The minimum Gasteiger partial charge on any atom is -0.497 e. The average molecular weight is 346 g/mol. The first-order valence-corrected chi connectivity index (χ1v) is 8.86. The van der Waals surface area contributed by atoms with Crippen molar-refractivity contribution in [1.82, 2.24) is 4.98 Å². The molecule has 0 spiro atoms. The van der Waals surface area contributed by atoms with Crippen molar-refractivity contribution < 1.29 is 19.4 Å². The molecule has 1 aromatic carbocycles. The first-order valence-electron chi connectivity index (χ1n) is 8.05. The molecule has 1 heterocycles. The Morgan fingerprint density at radius 1 is 1.29 bits per heavy atom. The van der Waals surface area contributed by atoms with E-state index in [1.54, 1.807) is 7.11 Å².